The standard InChI is InChI=1S/C12H10F3NO2/c1-7-5-8(3-4-9(7)17-2)10-6-11(16-18-10)12(13,14)15/h3-6H,1-2H3. The van der Waals surface area contributed by atoms with Crippen molar-refractivity contribution in [3.63, 3.8) is 0 Å². The van der Waals surface area contributed by atoms with E-state index < -0.39 is 11.9 Å². The van der Waals surface area contributed by atoms with Crippen LogP contribution in [0.3, 0.4) is 0 Å². The third-order valence-electron chi connectivity index (χ3n) is 2.48. The van der Waals surface area contributed by atoms with Crippen molar-refractivity contribution >= 4 is 0 Å². The second-order valence-electron chi connectivity index (χ2n) is 3.76. The highest BCUT2D eigenvalue weighted by Gasteiger charge is 2.35. The highest BCUT2D eigenvalue weighted by molar-refractivity contribution is 5.60. The number of rotatable bonds is 2. The van der Waals surface area contributed by atoms with Crippen molar-refractivity contribution in [2.24, 2.45) is 0 Å². The van der Waals surface area contributed by atoms with Gasteiger partial charge < -0.3 is 9.26 Å². The van der Waals surface area contributed by atoms with Crippen LogP contribution in [0.5, 0.6) is 5.75 Å². The molecular formula is C12H10F3NO2. The monoisotopic (exact) mass is 257 g/mol. The van der Waals surface area contributed by atoms with Gasteiger partial charge in [0.25, 0.3) is 0 Å². The van der Waals surface area contributed by atoms with E-state index in [9.17, 15) is 13.2 Å². The van der Waals surface area contributed by atoms with Gasteiger partial charge in [-0.2, -0.15) is 13.2 Å². The Hall–Kier alpha value is -1.98. The highest BCUT2D eigenvalue weighted by Crippen LogP contribution is 2.32. The molecule has 3 nitrogen and oxygen atoms in total. The van der Waals surface area contributed by atoms with Crippen LogP contribution in [-0.4, -0.2) is 12.3 Å². The first-order chi connectivity index (χ1) is 8.41. The van der Waals surface area contributed by atoms with Crippen molar-refractivity contribution in [2.75, 3.05) is 7.11 Å². The number of hydrogen-bond donors (Lipinski definition) is 0. The Balaban J connectivity index is 2.38. The quantitative estimate of drug-likeness (QED) is 0.823. The van der Waals surface area contributed by atoms with Gasteiger partial charge in [-0.05, 0) is 30.7 Å². The Kier molecular flexibility index (Phi) is 3.02. The number of hydrogen-bond acceptors (Lipinski definition) is 3. The molecule has 2 rings (SSSR count). The first-order valence-electron chi connectivity index (χ1n) is 5.11. The summed E-state index contributed by atoms with van der Waals surface area (Å²) in [6.07, 6.45) is -4.50. The van der Waals surface area contributed by atoms with Gasteiger partial charge in [-0.25, -0.2) is 0 Å². The summed E-state index contributed by atoms with van der Waals surface area (Å²) in [5, 5.41) is 3.00. The topological polar surface area (TPSA) is 35.3 Å². The number of nitrogens with zero attached hydrogens (tertiary/aromatic N) is 1. The number of alkyl halides is 3. The summed E-state index contributed by atoms with van der Waals surface area (Å²) in [6, 6.07) is 5.84. The minimum atomic E-state index is -4.50. The first-order valence-corrected chi connectivity index (χ1v) is 5.11. The van der Waals surface area contributed by atoms with Crippen LogP contribution in [0.15, 0.2) is 28.8 Å². The predicted octanol–water partition coefficient (Wildman–Crippen LogP) is 3.68. The summed E-state index contributed by atoms with van der Waals surface area (Å²) < 4.78 is 46.9. The molecule has 0 unspecified atom stereocenters. The minimum Gasteiger partial charge on any atom is -0.496 e. The van der Waals surface area contributed by atoms with Crippen molar-refractivity contribution in [3.05, 3.63) is 35.5 Å². The fraction of sp³-hybridized carbons (Fsp3) is 0.250. The van der Waals surface area contributed by atoms with E-state index in [1.165, 1.54) is 7.11 Å². The average molecular weight is 257 g/mol. The number of benzene rings is 1. The van der Waals surface area contributed by atoms with Gasteiger partial charge in [0.05, 0.1) is 7.11 Å². The molecule has 1 heterocycles. The van der Waals surface area contributed by atoms with Crippen LogP contribution in [0.25, 0.3) is 11.3 Å². The van der Waals surface area contributed by atoms with Crippen LogP contribution in [0, 0.1) is 6.92 Å². The molecule has 0 spiro atoms. The highest BCUT2D eigenvalue weighted by atomic mass is 19.4. The molecule has 0 radical (unpaired) electrons. The molecule has 0 aliphatic heterocycles. The maximum Gasteiger partial charge on any atom is 0.436 e. The molecule has 1 aromatic heterocycles. The lowest BCUT2D eigenvalue weighted by molar-refractivity contribution is -0.142. The van der Waals surface area contributed by atoms with Gasteiger partial charge in [0.2, 0.25) is 0 Å². The van der Waals surface area contributed by atoms with Crippen LogP contribution in [0.2, 0.25) is 0 Å². The van der Waals surface area contributed by atoms with Crippen LogP contribution in [0.4, 0.5) is 13.2 Å². The normalized spacial score (nSPS) is 11.6. The molecule has 2 aromatic rings. The number of ether oxygens (including phenoxy) is 1. The molecule has 0 N–H and O–H groups in total. The van der Waals surface area contributed by atoms with Gasteiger partial charge in [-0.15, -0.1) is 0 Å². The minimum absolute atomic E-state index is 0.0769. The third kappa shape index (κ3) is 2.32. The summed E-state index contributed by atoms with van der Waals surface area (Å²) in [4.78, 5) is 0. The van der Waals surface area contributed by atoms with Crippen LogP contribution in [0.1, 0.15) is 11.3 Å². The summed E-state index contributed by atoms with van der Waals surface area (Å²) in [5.74, 6) is 0.738. The van der Waals surface area contributed by atoms with E-state index in [1.54, 1.807) is 25.1 Å². The molecule has 0 aliphatic carbocycles. The number of halogens is 3. The lowest BCUT2D eigenvalue weighted by Crippen LogP contribution is -2.04. The Morgan fingerprint density at radius 3 is 2.44 bits per heavy atom. The van der Waals surface area contributed by atoms with Crippen LogP contribution >= 0.6 is 0 Å². The van der Waals surface area contributed by atoms with Crippen molar-refractivity contribution in [1.82, 2.24) is 5.16 Å². The summed E-state index contributed by atoms with van der Waals surface area (Å²) in [7, 11) is 1.53. The van der Waals surface area contributed by atoms with Gasteiger partial charge in [-0.1, -0.05) is 5.16 Å². The Morgan fingerprint density at radius 2 is 1.94 bits per heavy atom. The van der Waals surface area contributed by atoms with E-state index in [1.807, 2.05) is 0 Å². The van der Waals surface area contributed by atoms with Gasteiger partial charge in [0.15, 0.2) is 11.5 Å². The number of aryl methyl sites for hydroxylation is 1. The zero-order valence-electron chi connectivity index (χ0n) is 9.71. The Morgan fingerprint density at radius 1 is 1.22 bits per heavy atom. The van der Waals surface area contributed by atoms with Gasteiger partial charge >= 0.3 is 6.18 Å². The molecule has 0 bridgehead atoms. The van der Waals surface area contributed by atoms with Crippen LogP contribution in [-0.2, 0) is 6.18 Å². The average Bonchev–Trinajstić information content (AvgIpc) is 2.77. The molecule has 18 heavy (non-hydrogen) atoms. The molecule has 0 saturated heterocycles. The molecule has 0 atom stereocenters. The van der Waals surface area contributed by atoms with Crippen molar-refractivity contribution < 1.29 is 22.4 Å². The third-order valence-corrected chi connectivity index (χ3v) is 2.48. The summed E-state index contributed by atoms with van der Waals surface area (Å²) >= 11 is 0. The molecule has 1 aromatic carbocycles. The van der Waals surface area contributed by atoms with Crippen molar-refractivity contribution in [1.29, 1.82) is 0 Å². The maximum absolute atomic E-state index is 12.4. The molecule has 6 heteroatoms. The smallest absolute Gasteiger partial charge is 0.436 e. The molecule has 0 amide bonds. The van der Waals surface area contributed by atoms with E-state index in [-0.39, 0.29) is 5.76 Å². The van der Waals surface area contributed by atoms with E-state index in [4.69, 9.17) is 9.26 Å². The summed E-state index contributed by atoms with van der Waals surface area (Å²) in [6.45, 7) is 1.80. The lowest BCUT2D eigenvalue weighted by atomic mass is 10.1. The molecule has 0 saturated carbocycles. The largest absolute Gasteiger partial charge is 0.496 e. The lowest BCUT2D eigenvalue weighted by Gasteiger charge is -2.04. The Bertz CT molecular complexity index is 561. The molecular weight excluding hydrogens is 247 g/mol. The first kappa shape index (κ1) is 12.5. The second kappa shape index (κ2) is 4.36. The van der Waals surface area contributed by atoms with E-state index in [0.717, 1.165) is 11.6 Å². The fourth-order valence-corrected chi connectivity index (χ4v) is 1.58. The van der Waals surface area contributed by atoms with Gasteiger partial charge in [-0.3, -0.25) is 0 Å². The molecule has 96 valence electrons. The summed E-state index contributed by atoms with van der Waals surface area (Å²) in [5.41, 5.74) is 0.294. The molecule has 0 fully saturated rings. The van der Waals surface area contributed by atoms with Crippen LogP contribution < -0.4 is 4.74 Å². The number of aromatic nitrogens is 1. The van der Waals surface area contributed by atoms with Gasteiger partial charge in [0, 0.05) is 11.6 Å². The van der Waals surface area contributed by atoms with E-state index in [0.29, 0.717) is 11.3 Å². The predicted molar refractivity (Wildman–Crippen MR) is 58.2 cm³/mol. The Labute approximate surface area is 101 Å². The SMILES string of the molecule is COc1ccc(-c2cc(C(F)(F)F)no2)cc1C. The van der Waals surface area contributed by atoms with E-state index in [2.05, 4.69) is 5.16 Å². The number of methoxy groups -OCH3 is 1. The zero-order valence-corrected chi connectivity index (χ0v) is 9.71. The fourth-order valence-electron chi connectivity index (χ4n) is 1.58. The zero-order chi connectivity index (χ0) is 13.3. The van der Waals surface area contributed by atoms with Gasteiger partial charge in [0.1, 0.15) is 5.75 Å². The maximum atomic E-state index is 12.4. The second-order valence-corrected chi connectivity index (χ2v) is 3.76. The van der Waals surface area contributed by atoms with E-state index >= 15 is 0 Å². The molecule has 0 aliphatic rings. The van der Waals surface area contributed by atoms with Crippen molar-refractivity contribution in [3.8, 4) is 17.1 Å². The van der Waals surface area contributed by atoms with Crippen molar-refractivity contribution in [2.45, 2.75) is 13.1 Å².